The molecule has 4 nitrogen and oxygen atoms in total. The second-order valence-electron chi connectivity index (χ2n) is 5.00. The van der Waals surface area contributed by atoms with Crippen molar-refractivity contribution in [2.75, 3.05) is 13.7 Å². The van der Waals surface area contributed by atoms with Crippen LogP contribution in [0.2, 0.25) is 0 Å². The van der Waals surface area contributed by atoms with E-state index in [1.54, 1.807) is 13.3 Å². The molecule has 1 aromatic rings. The second-order valence-corrected chi connectivity index (χ2v) is 5.00. The van der Waals surface area contributed by atoms with Crippen LogP contribution >= 0.6 is 0 Å². The lowest BCUT2D eigenvalue weighted by Gasteiger charge is -2.22. The van der Waals surface area contributed by atoms with Gasteiger partial charge >= 0.3 is 0 Å². The Hall–Kier alpha value is -1.13. The summed E-state index contributed by atoms with van der Waals surface area (Å²) in [5.74, 6) is 0.772. The van der Waals surface area contributed by atoms with E-state index >= 15 is 0 Å². The number of hydrogen-bond acceptors (Lipinski definition) is 4. The van der Waals surface area contributed by atoms with E-state index in [4.69, 9.17) is 15.2 Å². The molecule has 4 heteroatoms. The summed E-state index contributed by atoms with van der Waals surface area (Å²) in [4.78, 5) is 4.30. The number of hydrogen-bond donors (Lipinski definition) is 1. The number of rotatable bonds is 7. The Labute approximate surface area is 110 Å². The summed E-state index contributed by atoms with van der Waals surface area (Å²) in [6, 6.07) is 3.84. The van der Waals surface area contributed by atoms with Crippen molar-refractivity contribution in [3.05, 3.63) is 24.0 Å². The molecule has 0 aliphatic heterocycles. The first-order valence-electron chi connectivity index (χ1n) is 6.38. The number of nitrogens with two attached hydrogens (primary N) is 1. The maximum Gasteiger partial charge on any atom is 0.137 e. The number of nitrogens with zero attached hydrogens (tertiary/aromatic N) is 1. The molecule has 1 aromatic heterocycles. The summed E-state index contributed by atoms with van der Waals surface area (Å²) in [5.41, 5.74) is 6.65. The van der Waals surface area contributed by atoms with Gasteiger partial charge in [-0.25, -0.2) is 0 Å². The Balaban J connectivity index is 2.45. The van der Waals surface area contributed by atoms with E-state index in [-0.39, 0.29) is 11.6 Å². The molecule has 0 saturated heterocycles. The number of methoxy groups -OCH3 is 1. The quantitative estimate of drug-likeness (QED) is 0.810. The fourth-order valence-electron chi connectivity index (χ4n) is 1.42. The molecule has 0 aliphatic carbocycles. The summed E-state index contributed by atoms with van der Waals surface area (Å²) >= 11 is 0. The zero-order valence-electron chi connectivity index (χ0n) is 11.8. The van der Waals surface area contributed by atoms with Crippen LogP contribution in [-0.2, 0) is 4.74 Å². The van der Waals surface area contributed by atoms with Gasteiger partial charge in [-0.05, 0) is 32.4 Å². The van der Waals surface area contributed by atoms with Crippen molar-refractivity contribution in [2.45, 2.75) is 45.3 Å². The third-order valence-electron chi connectivity index (χ3n) is 3.10. The van der Waals surface area contributed by atoms with Crippen molar-refractivity contribution in [3.8, 4) is 5.75 Å². The molecule has 0 saturated carbocycles. The molecule has 0 amide bonds. The van der Waals surface area contributed by atoms with Crippen molar-refractivity contribution < 1.29 is 9.47 Å². The monoisotopic (exact) mass is 252 g/mol. The molecule has 0 bridgehead atoms. The molecular formula is C14H24N2O2. The highest BCUT2D eigenvalue weighted by atomic mass is 16.5. The van der Waals surface area contributed by atoms with Gasteiger partial charge in [0.25, 0.3) is 0 Å². The van der Waals surface area contributed by atoms with Gasteiger partial charge in [0.2, 0.25) is 0 Å². The van der Waals surface area contributed by atoms with Gasteiger partial charge in [-0.3, -0.25) is 4.98 Å². The molecule has 0 aliphatic rings. The molecule has 18 heavy (non-hydrogen) atoms. The highest BCUT2D eigenvalue weighted by Crippen LogP contribution is 2.17. The van der Waals surface area contributed by atoms with Gasteiger partial charge in [-0.2, -0.15) is 0 Å². The van der Waals surface area contributed by atoms with E-state index in [1.807, 2.05) is 32.9 Å². The van der Waals surface area contributed by atoms with Gasteiger partial charge in [0.05, 0.1) is 24.1 Å². The molecule has 0 spiro atoms. The maximum atomic E-state index is 5.90. The lowest BCUT2D eigenvalue weighted by Crippen LogP contribution is -2.25. The average molecular weight is 252 g/mol. The SMILES string of the molecule is CCC(N)c1ccc(OCCC(C)(C)OC)cn1. The second kappa shape index (κ2) is 6.71. The molecular weight excluding hydrogens is 228 g/mol. The minimum atomic E-state index is -0.155. The Morgan fingerprint density at radius 1 is 1.39 bits per heavy atom. The highest BCUT2D eigenvalue weighted by molar-refractivity contribution is 5.21. The van der Waals surface area contributed by atoms with Gasteiger partial charge in [-0.1, -0.05) is 6.92 Å². The molecule has 1 heterocycles. The normalized spacial score (nSPS) is 13.4. The van der Waals surface area contributed by atoms with Gasteiger partial charge in [-0.15, -0.1) is 0 Å². The topological polar surface area (TPSA) is 57.4 Å². The van der Waals surface area contributed by atoms with E-state index in [0.29, 0.717) is 6.61 Å². The smallest absolute Gasteiger partial charge is 0.137 e. The number of ether oxygens (including phenoxy) is 2. The van der Waals surface area contributed by atoms with Gasteiger partial charge in [0, 0.05) is 19.6 Å². The molecule has 2 N–H and O–H groups in total. The van der Waals surface area contributed by atoms with Crippen molar-refractivity contribution in [1.82, 2.24) is 4.98 Å². The van der Waals surface area contributed by atoms with Crippen LogP contribution in [0.1, 0.15) is 45.3 Å². The van der Waals surface area contributed by atoms with Crippen molar-refractivity contribution >= 4 is 0 Å². The Morgan fingerprint density at radius 2 is 2.11 bits per heavy atom. The summed E-state index contributed by atoms with van der Waals surface area (Å²) in [6.07, 6.45) is 3.44. The summed E-state index contributed by atoms with van der Waals surface area (Å²) in [5, 5.41) is 0. The maximum absolute atomic E-state index is 5.90. The Kier molecular flexibility index (Phi) is 5.56. The third-order valence-corrected chi connectivity index (χ3v) is 3.10. The molecule has 1 atom stereocenters. The summed E-state index contributed by atoms with van der Waals surface area (Å²) < 4.78 is 11.0. The highest BCUT2D eigenvalue weighted by Gasteiger charge is 2.16. The fraction of sp³-hybridized carbons (Fsp3) is 0.643. The van der Waals surface area contributed by atoms with Gasteiger partial charge in [0.1, 0.15) is 5.75 Å². The van der Waals surface area contributed by atoms with Crippen LogP contribution in [0.15, 0.2) is 18.3 Å². The van der Waals surface area contributed by atoms with Crippen LogP contribution in [0.4, 0.5) is 0 Å². The summed E-state index contributed by atoms with van der Waals surface area (Å²) in [7, 11) is 1.71. The Bertz CT molecular complexity index is 349. The van der Waals surface area contributed by atoms with Crippen LogP contribution in [0, 0.1) is 0 Å². The van der Waals surface area contributed by atoms with E-state index in [1.165, 1.54) is 0 Å². The first kappa shape index (κ1) is 14.9. The van der Waals surface area contributed by atoms with E-state index in [2.05, 4.69) is 4.98 Å². The molecule has 0 radical (unpaired) electrons. The van der Waals surface area contributed by atoms with Crippen LogP contribution in [0.25, 0.3) is 0 Å². The van der Waals surface area contributed by atoms with E-state index in [9.17, 15) is 0 Å². The largest absolute Gasteiger partial charge is 0.492 e. The van der Waals surface area contributed by atoms with E-state index in [0.717, 1.165) is 24.3 Å². The number of pyridine rings is 1. The lowest BCUT2D eigenvalue weighted by molar-refractivity contribution is 0.00542. The van der Waals surface area contributed by atoms with Gasteiger partial charge < -0.3 is 15.2 Å². The van der Waals surface area contributed by atoms with Crippen molar-refractivity contribution in [2.24, 2.45) is 5.73 Å². The third kappa shape index (κ3) is 4.63. The lowest BCUT2D eigenvalue weighted by atomic mass is 10.1. The van der Waals surface area contributed by atoms with Crippen LogP contribution in [0.5, 0.6) is 5.75 Å². The standard InChI is InChI=1S/C14H24N2O2/c1-5-12(15)13-7-6-11(10-16-13)18-9-8-14(2,3)17-4/h6-7,10,12H,5,8-9,15H2,1-4H3. The first-order valence-corrected chi connectivity index (χ1v) is 6.38. The summed E-state index contributed by atoms with van der Waals surface area (Å²) in [6.45, 7) is 6.74. The van der Waals surface area contributed by atoms with Crippen molar-refractivity contribution in [3.63, 3.8) is 0 Å². The van der Waals surface area contributed by atoms with Crippen molar-refractivity contribution in [1.29, 1.82) is 0 Å². The van der Waals surface area contributed by atoms with Crippen LogP contribution < -0.4 is 10.5 Å². The molecule has 1 unspecified atom stereocenters. The average Bonchev–Trinajstić information content (AvgIpc) is 2.38. The van der Waals surface area contributed by atoms with E-state index < -0.39 is 0 Å². The molecule has 102 valence electrons. The molecule has 1 rings (SSSR count). The Morgan fingerprint density at radius 3 is 2.61 bits per heavy atom. The predicted molar refractivity (Wildman–Crippen MR) is 72.7 cm³/mol. The fourth-order valence-corrected chi connectivity index (χ4v) is 1.42. The zero-order valence-corrected chi connectivity index (χ0v) is 11.8. The van der Waals surface area contributed by atoms with Gasteiger partial charge in [0.15, 0.2) is 0 Å². The van der Waals surface area contributed by atoms with Crippen LogP contribution in [0.3, 0.4) is 0 Å². The van der Waals surface area contributed by atoms with Crippen LogP contribution in [-0.4, -0.2) is 24.3 Å². The zero-order chi connectivity index (χ0) is 13.6. The predicted octanol–water partition coefficient (Wildman–Crippen LogP) is 2.69. The molecule has 0 aromatic carbocycles. The minimum absolute atomic E-state index is 0.00600. The number of aromatic nitrogens is 1. The molecule has 0 fully saturated rings. The minimum Gasteiger partial charge on any atom is -0.492 e. The first-order chi connectivity index (χ1) is 8.48.